The Labute approximate surface area is 196 Å². The van der Waals surface area contributed by atoms with Gasteiger partial charge in [0, 0.05) is 60.1 Å². The van der Waals surface area contributed by atoms with Gasteiger partial charge in [0.2, 0.25) is 18.3 Å². The van der Waals surface area contributed by atoms with Gasteiger partial charge in [-0.2, -0.15) is 0 Å². The summed E-state index contributed by atoms with van der Waals surface area (Å²) in [6.07, 6.45) is 1.16. The number of nitrogens with one attached hydrogen (secondary N) is 1. The van der Waals surface area contributed by atoms with Crippen molar-refractivity contribution in [3.8, 4) is 0 Å². The molecule has 1 saturated heterocycles. The van der Waals surface area contributed by atoms with Gasteiger partial charge in [-0.15, -0.1) is 11.3 Å². The Morgan fingerprint density at radius 3 is 2.73 bits per heavy atom. The van der Waals surface area contributed by atoms with Crippen LogP contribution in [-0.2, 0) is 28.0 Å². The average molecular weight is 489 g/mol. The Morgan fingerprint density at radius 2 is 2.06 bits per heavy atom. The van der Waals surface area contributed by atoms with E-state index in [1.54, 1.807) is 0 Å². The molecule has 4 aliphatic rings. The number of carbonyl (C=O) groups is 1. The van der Waals surface area contributed by atoms with E-state index in [-0.39, 0.29) is 36.8 Å². The molecule has 33 heavy (non-hydrogen) atoms. The maximum atomic E-state index is 13.0. The second-order valence-corrected chi connectivity index (χ2v) is 11.7. The zero-order valence-corrected chi connectivity index (χ0v) is 19.7. The minimum absolute atomic E-state index is 0.103. The fourth-order valence-electron chi connectivity index (χ4n) is 6.09. The molecule has 1 aromatic heterocycles. The lowest BCUT2D eigenvalue weighted by atomic mass is 9.76. The van der Waals surface area contributed by atoms with Crippen LogP contribution in [-0.4, -0.2) is 54.9 Å². The number of halogens is 4. The first-order valence-electron chi connectivity index (χ1n) is 12.1. The SMILES string of the molecule is C[C@H]1C[C@@]2(CCN1CC1CC(NC(=O)C3CC(F)(F)C3)C1)OCCc1cc(CC(F)F)sc12. The molecule has 0 bridgehead atoms. The van der Waals surface area contributed by atoms with E-state index in [9.17, 15) is 22.4 Å². The van der Waals surface area contributed by atoms with Gasteiger partial charge in [-0.25, -0.2) is 17.6 Å². The van der Waals surface area contributed by atoms with E-state index in [1.165, 1.54) is 16.9 Å². The van der Waals surface area contributed by atoms with Crippen LogP contribution in [0.3, 0.4) is 0 Å². The summed E-state index contributed by atoms with van der Waals surface area (Å²) in [5.74, 6) is -2.92. The first kappa shape index (κ1) is 23.5. The number of nitrogens with zero attached hydrogens (tertiary/aromatic N) is 1. The molecule has 3 fully saturated rings. The van der Waals surface area contributed by atoms with Gasteiger partial charge < -0.3 is 15.0 Å². The van der Waals surface area contributed by atoms with E-state index in [0.717, 1.165) is 54.9 Å². The normalized spacial score (nSPS) is 34.1. The van der Waals surface area contributed by atoms with Crippen LogP contribution in [0.4, 0.5) is 17.6 Å². The van der Waals surface area contributed by atoms with Crippen LogP contribution in [0, 0.1) is 11.8 Å². The lowest BCUT2D eigenvalue weighted by Crippen LogP contribution is -2.55. The Kier molecular flexibility index (Phi) is 6.27. The summed E-state index contributed by atoms with van der Waals surface area (Å²) in [5, 5.41) is 2.94. The number of alkyl halides is 4. The fraction of sp³-hybridized carbons (Fsp3) is 0.792. The number of likely N-dealkylation sites (tertiary alicyclic amines) is 1. The molecule has 1 aromatic rings. The maximum absolute atomic E-state index is 13.0. The van der Waals surface area contributed by atoms with Crippen molar-refractivity contribution < 1.29 is 27.1 Å². The maximum Gasteiger partial charge on any atom is 0.249 e. The molecule has 1 spiro atoms. The van der Waals surface area contributed by atoms with Gasteiger partial charge in [-0.1, -0.05) is 0 Å². The molecule has 2 saturated carbocycles. The molecule has 0 aromatic carbocycles. The molecule has 0 unspecified atom stereocenters. The average Bonchev–Trinajstić information content (AvgIpc) is 3.09. The molecular weight excluding hydrogens is 456 g/mol. The molecule has 5 rings (SSSR count). The molecule has 2 aliphatic heterocycles. The highest BCUT2D eigenvalue weighted by molar-refractivity contribution is 7.12. The Bertz CT molecular complexity index is 880. The molecular formula is C24H32F4N2O2S. The number of piperidine rings is 1. The third-order valence-electron chi connectivity index (χ3n) is 7.97. The fourth-order valence-corrected chi connectivity index (χ4v) is 7.49. The summed E-state index contributed by atoms with van der Waals surface area (Å²) in [5.41, 5.74) is 0.833. The summed E-state index contributed by atoms with van der Waals surface area (Å²) in [6.45, 7) is 4.70. The highest BCUT2D eigenvalue weighted by atomic mass is 32.1. The molecule has 1 N–H and O–H groups in total. The number of carbonyl (C=O) groups excluding carboxylic acids is 1. The second-order valence-electron chi connectivity index (χ2n) is 10.6. The minimum Gasteiger partial charge on any atom is -0.369 e. The van der Waals surface area contributed by atoms with Crippen LogP contribution < -0.4 is 5.32 Å². The van der Waals surface area contributed by atoms with E-state index >= 15 is 0 Å². The van der Waals surface area contributed by atoms with Crippen molar-refractivity contribution >= 4 is 17.2 Å². The van der Waals surface area contributed by atoms with E-state index < -0.39 is 18.3 Å². The van der Waals surface area contributed by atoms with Gasteiger partial charge in [-0.05, 0) is 56.6 Å². The van der Waals surface area contributed by atoms with Crippen molar-refractivity contribution in [3.63, 3.8) is 0 Å². The van der Waals surface area contributed by atoms with Crippen LogP contribution in [0.25, 0.3) is 0 Å². The minimum atomic E-state index is -2.66. The number of amides is 1. The Hall–Kier alpha value is -1.19. The molecule has 2 atom stereocenters. The summed E-state index contributed by atoms with van der Waals surface area (Å²) < 4.78 is 58.1. The van der Waals surface area contributed by atoms with Crippen molar-refractivity contribution in [2.24, 2.45) is 11.8 Å². The lowest BCUT2D eigenvalue weighted by Gasteiger charge is -2.49. The van der Waals surface area contributed by atoms with Crippen molar-refractivity contribution in [1.29, 1.82) is 0 Å². The van der Waals surface area contributed by atoms with Crippen molar-refractivity contribution in [2.75, 3.05) is 19.7 Å². The predicted molar refractivity (Wildman–Crippen MR) is 118 cm³/mol. The number of hydrogen-bond donors (Lipinski definition) is 1. The van der Waals surface area contributed by atoms with E-state index in [4.69, 9.17) is 4.74 Å². The van der Waals surface area contributed by atoms with Gasteiger partial charge in [0.1, 0.15) is 5.60 Å². The van der Waals surface area contributed by atoms with Crippen LogP contribution in [0.15, 0.2) is 6.07 Å². The summed E-state index contributed by atoms with van der Waals surface area (Å²) in [6, 6.07) is 2.38. The van der Waals surface area contributed by atoms with Crippen LogP contribution in [0.2, 0.25) is 0 Å². The summed E-state index contributed by atoms with van der Waals surface area (Å²) >= 11 is 1.51. The highest BCUT2D eigenvalue weighted by Crippen LogP contribution is 2.48. The van der Waals surface area contributed by atoms with Crippen molar-refractivity contribution in [2.45, 2.75) is 88.3 Å². The molecule has 3 heterocycles. The van der Waals surface area contributed by atoms with Crippen LogP contribution in [0.1, 0.15) is 60.8 Å². The Balaban J connectivity index is 1.11. The number of rotatable bonds is 6. The third-order valence-corrected chi connectivity index (χ3v) is 9.35. The summed E-state index contributed by atoms with van der Waals surface area (Å²) in [4.78, 5) is 16.5. The van der Waals surface area contributed by atoms with Crippen LogP contribution in [0.5, 0.6) is 0 Å². The largest absolute Gasteiger partial charge is 0.369 e. The monoisotopic (exact) mass is 488 g/mol. The predicted octanol–water partition coefficient (Wildman–Crippen LogP) is 4.75. The molecule has 2 aliphatic carbocycles. The number of ether oxygens (including phenoxy) is 1. The van der Waals surface area contributed by atoms with Crippen LogP contribution >= 0.6 is 11.3 Å². The van der Waals surface area contributed by atoms with Gasteiger partial charge in [0.25, 0.3) is 0 Å². The van der Waals surface area contributed by atoms with Gasteiger partial charge in [-0.3, -0.25) is 4.79 Å². The summed E-state index contributed by atoms with van der Waals surface area (Å²) in [7, 11) is 0. The van der Waals surface area contributed by atoms with Crippen molar-refractivity contribution in [3.05, 3.63) is 21.4 Å². The first-order chi connectivity index (χ1) is 15.6. The molecule has 0 radical (unpaired) electrons. The standard InChI is InChI=1S/C24H32F4N2O2S/c1-14-10-23(21-16(2-5-32-23)8-19(33-21)9-20(25)26)3-4-30(14)13-15-6-18(7-15)29-22(31)17-11-24(27,28)12-17/h8,14-15,17-18,20H,2-7,9-13H2,1H3,(H,29,31)/t14-,15?,18?,23+/m0/s1. The van der Waals surface area contributed by atoms with E-state index in [2.05, 4.69) is 17.1 Å². The zero-order chi connectivity index (χ0) is 23.4. The molecule has 4 nitrogen and oxygen atoms in total. The zero-order valence-electron chi connectivity index (χ0n) is 18.9. The Morgan fingerprint density at radius 1 is 1.30 bits per heavy atom. The quantitative estimate of drug-likeness (QED) is 0.588. The van der Waals surface area contributed by atoms with Gasteiger partial charge >= 0.3 is 0 Å². The second kappa shape index (κ2) is 8.79. The van der Waals surface area contributed by atoms with Gasteiger partial charge in [0.05, 0.1) is 6.61 Å². The molecule has 1 amide bonds. The van der Waals surface area contributed by atoms with E-state index in [0.29, 0.717) is 18.6 Å². The number of thiophene rings is 1. The van der Waals surface area contributed by atoms with Crippen molar-refractivity contribution in [1.82, 2.24) is 10.2 Å². The highest BCUT2D eigenvalue weighted by Gasteiger charge is 2.50. The smallest absolute Gasteiger partial charge is 0.249 e. The topological polar surface area (TPSA) is 41.6 Å². The lowest BCUT2D eigenvalue weighted by molar-refractivity contribution is -0.151. The molecule has 9 heteroatoms. The first-order valence-corrected chi connectivity index (χ1v) is 12.9. The number of hydrogen-bond acceptors (Lipinski definition) is 4. The van der Waals surface area contributed by atoms with E-state index in [1.807, 2.05) is 6.07 Å². The number of fused-ring (bicyclic) bond motifs is 2. The van der Waals surface area contributed by atoms with Gasteiger partial charge in [0.15, 0.2) is 0 Å². The third kappa shape index (κ3) is 4.82. The molecule has 184 valence electrons.